The lowest BCUT2D eigenvalue weighted by Gasteiger charge is -2.05. The molecule has 1 aromatic rings. The monoisotopic (exact) mass is 189 g/mol. The number of carbonyl (C=O) groups is 1. The van der Waals surface area contributed by atoms with Crippen LogP contribution >= 0.6 is 0 Å². The van der Waals surface area contributed by atoms with Crippen LogP contribution in [0.1, 0.15) is 19.4 Å². The van der Waals surface area contributed by atoms with Crippen LogP contribution < -0.4 is 5.32 Å². The van der Waals surface area contributed by atoms with Crippen molar-refractivity contribution in [2.75, 3.05) is 0 Å². The second kappa shape index (κ2) is 5.22. The van der Waals surface area contributed by atoms with E-state index in [1.165, 1.54) is 6.92 Å². The van der Waals surface area contributed by atoms with E-state index in [2.05, 4.69) is 5.32 Å². The third-order valence-corrected chi connectivity index (χ3v) is 1.81. The predicted molar refractivity (Wildman–Crippen MR) is 58.8 cm³/mol. The minimum Gasteiger partial charge on any atom is -0.350 e. The quantitative estimate of drug-likeness (QED) is 0.776. The van der Waals surface area contributed by atoms with Crippen molar-refractivity contribution in [2.24, 2.45) is 0 Å². The number of amides is 1. The molecule has 2 nitrogen and oxygen atoms in total. The molecule has 1 aromatic carbocycles. The van der Waals surface area contributed by atoms with Crippen LogP contribution in [0.15, 0.2) is 36.4 Å². The predicted octanol–water partition coefficient (Wildman–Crippen LogP) is 2.22. The van der Waals surface area contributed by atoms with Gasteiger partial charge in [-0.3, -0.25) is 4.79 Å². The van der Waals surface area contributed by atoms with Crippen LogP contribution in [0.4, 0.5) is 0 Å². The smallest absolute Gasteiger partial charge is 0.217 e. The first-order valence-corrected chi connectivity index (χ1v) is 4.69. The van der Waals surface area contributed by atoms with Crippen molar-refractivity contribution in [1.82, 2.24) is 5.32 Å². The van der Waals surface area contributed by atoms with Gasteiger partial charge in [-0.25, -0.2) is 0 Å². The second-order valence-corrected chi connectivity index (χ2v) is 3.26. The molecular formula is C12H15NO. The Kier molecular flexibility index (Phi) is 3.92. The van der Waals surface area contributed by atoms with E-state index in [9.17, 15) is 4.79 Å². The molecule has 14 heavy (non-hydrogen) atoms. The summed E-state index contributed by atoms with van der Waals surface area (Å²) >= 11 is 0. The molecule has 0 bridgehead atoms. The van der Waals surface area contributed by atoms with Crippen LogP contribution in [0, 0.1) is 0 Å². The largest absolute Gasteiger partial charge is 0.350 e. The first-order valence-electron chi connectivity index (χ1n) is 4.69. The molecule has 1 N–H and O–H groups in total. The molecular weight excluding hydrogens is 174 g/mol. The summed E-state index contributed by atoms with van der Waals surface area (Å²) in [6.45, 7) is 3.47. The molecule has 1 rings (SSSR count). The van der Waals surface area contributed by atoms with Gasteiger partial charge >= 0.3 is 0 Å². The fourth-order valence-corrected chi connectivity index (χ4v) is 1.19. The third kappa shape index (κ3) is 3.90. The van der Waals surface area contributed by atoms with Crippen molar-refractivity contribution >= 4 is 12.0 Å². The maximum atomic E-state index is 10.7. The summed E-state index contributed by atoms with van der Waals surface area (Å²) in [6, 6.07) is 10.1. The van der Waals surface area contributed by atoms with E-state index in [0.29, 0.717) is 0 Å². The van der Waals surface area contributed by atoms with Crippen molar-refractivity contribution in [3.63, 3.8) is 0 Å². The van der Waals surface area contributed by atoms with E-state index in [0.717, 1.165) is 5.56 Å². The van der Waals surface area contributed by atoms with Crippen molar-refractivity contribution < 1.29 is 4.79 Å². The molecule has 1 amide bonds. The van der Waals surface area contributed by atoms with Gasteiger partial charge in [0, 0.05) is 13.0 Å². The minimum atomic E-state index is -0.00443. The average Bonchev–Trinajstić information content (AvgIpc) is 2.15. The fraction of sp³-hybridized carbons (Fsp3) is 0.250. The molecule has 1 unspecified atom stereocenters. The highest BCUT2D eigenvalue weighted by Gasteiger charge is 1.96. The summed E-state index contributed by atoms with van der Waals surface area (Å²) in [6.07, 6.45) is 3.97. The van der Waals surface area contributed by atoms with E-state index < -0.39 is 0 Å². The number of hydrogen-bond donors (Lipinski definition) is 1. The van der Waals surface area contributed by atoms with Gasteiger partial charge in [0.15, 0.2) is 0 Å². The van der Waals surface area contributed by atoms with Crippen LogP contribution in [0.2, 0.25) is 0 Å². The summed E-state index contributed by atoms with van der Waals surface area (Å²) < 4.78 is 0. The van der Waals surface area contributed by atoms with Gasteiger partial charge in [-0.05, 0) is 12.5 Å². The van der Waals surface area contributed by atoms with Gasteiger partial charge < -0.3 is 5.32 Å². The topological polar surface area (TPSA) is 29.1 Å². The molecule has 0 aromatic heterocycles. The summed E-state index contributed by atoms with van der Waals surface area (Å²) in [4.78, 5) is 10.7. The van der Waals surface area contributed by atoms with E-state index in [1.807, 2.05) is 49.4 Å². The van der Waals surface area contributed by atoms with Crippen molar-refractivity contribution in [2.45, 2.75) is 19.9 Å². The van der Waals surface area contributed by atoms with Crippen LogP contribution in [-0.4, -0.2) is 11.9 Å². The lowest BCUT2D eigenvalue weighted by Crippen LogP contribution is -2.28. The molecule has 0 radical (unpaired) electrons. The standard InChI is InChI=1S/C12H15NO/c1-10(13-11(2)14)8-9-12-6-4-3-5-7-12/h3-10H,1-2H3,(H,13,14)/b9-8+. The molecule has 0 heterocycles. The minimum absolute atomic E-state index is 0.00443. The molecule has 0 spiro atoms. The first-order chi connectivity index (χ1) is 6.68. The van der Waals surface area contributed by atoms with Crippen molar-refractivity contribution in [3.8, 4) is 0 Å². The zero-order valence-electron chi connectivity index (χ0n) is 8.53. The summed E-state index contributed by atoms with van der Waals surface area (Å²) in [5.41, 5.74) is 1.14. The average molecular weight is 189 g/mol. The number of benzene rings is 1. The highest BCUT2D eigenvalue weighted by Crippen LogP contribution is 2.01. The molecule has 0 saturated carbocycles. The Labute approximate surface area is 84.6 Å². The van der Waals surface area contributed by atoms with Gasteiger partial charge in [0.05, 0.1) is 0 Å². The Bertz CT molecular complexity index is 316. The van der Waals surface area contributed by atoms with E-state index >= 15 is 0 Å². The van der Waals surface area contributed by atoms with Gasteiger partial charge in [-0.2, -0.15) is 0 Å². The summed E-state index contributed by atoms with van der Waals surface area (Å²) in [7, 11) is 0. The van der Waals surface area contributed by atoms with Gasteiger partial charge in [0.1, 0.15) is 0 Å². The molecule has 2 heteroatoms. The van der Waals surface area contributed by atoms with Crippen LogP contribution in [-0.2, 0) is 4.79 Å². The number of nitrogens with one attached hydrogen (secondary N) is 1. The van der Waals surface area contributed by atoms with Gasteiger partial charge in [-0.1, -0.05) is 42.5 Å². The molecule has 1 atom stereocenters. The molecule has 0 aliphatic rings. The van der Waals surface area contributed by atoms with E-state index in [1.54, 1.807) is 0 Å². The normalized spacial score (nSPS) is 12.7. The molecule has 0 aliphatic carbocycles. The Morgan fingerprint density at radius 1 is 1.36 bits per heavy atom. The van der Waals surface area contributed by atoms with E-state index in [-0.39, 0.29) is 11.9 Å². The van der Waals surface area contributed by atoms with Gasteiger partial charge in [-0.15, -0.1) is 0 Å². The zero-order chi connectivity index (χ0) is 10.4. The Morgan fingerprint density at radius 3 is 2.57 bits per heavy atom. The Balaban J connectivity index is 2.52. The Hall–Kier alpha value is -1.57. The molecule has 0 saturated heterocycles. The molecule has 0 aliphatic heterocycles. The number of carbonyl (C=O) groups excluding carboxylic acids is 1. The van der Waals surface area contributed by atoms with Crippen molar-refractivity contribution in [3.05, 3.63) is 42.0 Å². The van der Waals surface area contributed by atoms with Crippen LogP contribution in [0.5, 0.6) is 0 Å². The maximum Gasteiger partial charge on any atom is 0.217 e. The van der Waals surface area contributed by atoms with Crippen molar-refractivity contribution in [1.29, 1.82) is 0 Å². The zero-order valence-corrected chi connectivity index (χ0v) is 8.53. The van der Waals surface area contributed by atoms with Gasteiger partial charge in [0.25, 0.3) is 0 Å². The first kappa shape index (κ1) is 10.5. The number of hydrogen-bond acceptors (Lipinski definition) is 1. The number of rotatable bonds is 3. The Morgan fingerprint density at radius 2 is 2.00 bits per heavy atom. The highest BCUT2D eigenvalue weighted by atomic mass is 16.1. The lowest BCUT2D eigenvalue weighted by molar-refractivity contribution is -0.119. The lowest BCUT2D eigenvalue weighted by atomic mass is 10.2. The maximum absolute atomic E-state index is 10.7. The summed E-state index contributed by atoms with van der Waals surface area (Å²) in [5.74, 6) is -0.00443. The van der Waals surface area contributed by atoms with Crippen LogP contribution in [0.25, 0.3) is 6.08 Å². The SMILES string of the molecule is CC(=O)NC(C)/C=C/c1ccccc1. The third-order valence-electron chi connectivity index (χ3n) is 1.81. The summed E-state index contributed by atoms with van der Waals surface area (Å²) in [5, 5.41) is 2.79. The fourth-order valence-electron chi connectivity index (χ4n) is 1.19. The van der Waals surface area contributed by atoms with E-state index in [4.69, 9.17) is 0 Å². The molecule has 0 fully saturated rings. The van der Waals surface area contributed by atoms with Crippen LogP contribution in [0.3, 0.4) is 0 Å². The highest BCUT2D eigenvalue weighted by molar-refractivity contribution is 5.73. The second-order valence-electron chi connectivity index (χ2n) is 3.26. The van der Waals surface area contributed by atoms with Gasteiger partial charge in [0.2, 0.25) is 5.91 Å². The molecule has 74 valence electrons.